The Kier molecular flexibility index (Phi) is 16.2. The zero-order valence-corrected chi connectivity index (χ0v) is 32.0. The Morgan fingerprint density at radius 3 is 1.91 bits per heavy atom. The van der Waals surface area contributed by atoms with Crippen LogP contribution in [0.5, 0.6) is 0 Å². The lowest BCUT2D eigenvalue weighted by Crippen LogP contribution is -2.62. The summed E-state index contributed by atoms with van der Waals surface area (Å²) in [6.07, 6.45) is -3.22. The molecule has 1 aromatic heterocycles. The van der Waals surface area contributed by atoms with Crippen molar-refractivity contribution in [2.45, 2.75) is 90.2 Å². The molecular formula is C42H53N3O10. The lowest BCUT2D eigenvalue weighted by molar-refractivity contribution is -0.237. The van der Waals surface area contributed by atoms with E-state index < -0.39 is 42.2 Å². The quantitative estimate of drug-likeness (QED) is 0.101. The molecular weight excluding hydrogens is 706 g/mol. The number of nitrogens with zero attached hydrogens (tertiary/aromatic N) is 1. The summed E-state index contributed by atoms with van der Waals surface area (Å²) in [4.78, 5) is 24.6. The van der Waals surface area contributed by atoms with Crippen LogP contribution in [0, 0.1) is 0 Å². The summed E-state index contributed by atoms with van der Waals surface area (Å²) >= 11 is 0. The molecule has 0 saturated carbocycles. The van der Waals surface area contributed by atoms with Crippen LogP contribution in [0.3, 0.4) is 0 Å². The van der Waals surface area contributed by atoms with E-state index in [2.05, 4.69) is 15.8 Å². The molecule has 1 fully saturated rings. The minimum atomic E-state index is -0.798. The van der Waals surface area contributed by atoms with Gasteiger partial charge in [0.2, 0.25) is 5.91 Å². The molecule has 1 saturated heterocycles. The lowest BCUT2D eigenvalue weighted by atomic mass is 9.90. The SMILES string of the molecule is CC(=O)N[C@@H]1[C@@H](OCc2ccccc2)[C@@H](OCc2ccccc2)[C@@H](COCc2ccccc2)O[C@@H]1c1cc(COCCOCCNC(=O)OC(C)(C)C)no1. The fraction of sp³-hybridized carbons (Fsp3) is 0.452. The van der Waals surface area contributed by atoms with Crippen LogP contribution in [-0.2, 0) is 64.4 Å². The number of hydrogen-bond donors (Lipinski definition) is 2. The van der Waals surface area contributed by atoms with Crippen LogP contribution < -0.4 is 10.6 Å². The van der Waals surface area contributed by atoms with E-state index in [9.17, 15) is 9.59 Å². The molecule has 1 aliphatic heterocycles. The van der Waals surface area contributed by atoms with Crippen LogP contribution in [0.25, 0.3) is 0 Å². The first-order chi connectivity index (χ1) is 26.6. The Labute approximate surface area is 322 Å². The molecule has 55 heavy (non-hydrogen) atoms. The highest BCUT2D eigenvalue weighted by molar-refractivity contribution is 5.73. The fourth-order valence-electron chi connectivity index (χ4n) is 5.98. The van der Waals surface area contributed by atoms with Crippen LogP contribution in [-0.4, -0.2) is 80.1 Å². The third-order valence-corrected chi connectivity index (χ3v) is 8.42. The highest BCUT2D eigenvalue weighted by Gasteiger charge is 2.50. The molecule has 5 rings (SSSR count). The minimum absolute atomic E-state index is 0.154. The molecule has 0 radical (unpaired) electrons. The summed E-state index contributed by atoms with van der Waals surface area (Å²) in [6.45, 7) is 9.35. The Morgan fingerprint density at radius 1 is 0.727 bits per heavy atom. The van der Waals surface area contributed by atoms with E-state index >= 15 is 0 Å². The maximum atomic E-state index is 12.8. The highest BCUT2D eigenvalue weighted by atomic mass is 16.6. The van der Waals surface area contributed by atoms with E-state index in [-0.39, 0.29) is 25.7 Å². The van der Waals surface area contributed by atoms with Crippen molar-refractivity contribution < 1.29 is 47.3 Å². The molecule has 0 aliphatic carbocycles. The van der Waals surface area contributed by atoms with E-state index in [1.54, 1.807) is 26.8 Å². The molecule has 4 aromatic rings. The van der Waals surface area contributed by atoms with Gasteiger partial charge < -0.3 is 48.3 Å². The van der Waals surface area contributed by atoms with Gasteiger partial charge in [0.15, 0.2) is 5.76 Å². The van der Waals surface area contributed by atoms with Gasteiger partial charge in [-0.3, -0.25) is 4.79 Å². The third-order valence-electron chi connectivity index (χ3n) is 8.42. The van der Waals surface area contributed by atoms with Crippen LogP contribution >= 0.6 is 0 Å². The van der Waals surface area contributed by atoms with Gasteiger partial charge in [-0.15, -0.1) is 0 Å². The van der Waals surface area contributed by atoms with E-state index in [0.717, 1.165) is 16.7 Å². The Morgan fingerprint density at radius 2 is 1.31 bits per heavy atom. The van der Waals surface area contributed by atoms with Gasteiger partial charge in [-0.1, -0.05) is 96.2 Å². The number of rotatable bonds is 20. The van der Waals surface area contributed by atoms with Crippen molar-refractivity contribution in [3.8, 4) is 0 Å². The molecule has 13 heteroatoms. The van der Waals surface area contributed by atoms with Crippen LogP contribution in [0.4, 0.5) is 4.79 Å². The molecule has 0 unspecified atom stereocenters. The van der Waals surface area contributed by atoms with Crippen molar-refractivity contribution in [1.82, 2.24) is 15.8 Å². The fourth-order valence-corrected chi connectivity index (χ4v) is 5.98. The first kappa shape index (κ1) is 41.5. The number of benzene rings is 3. The van der Waals surface area contributed by atoms with Gasteiger partial charge in [0, 0.05) is 19.5 Å². The van der Waals surface area contributed by atoms with E-state index in [4.69, 9.17) is 37.7 Å². The van der Waals surface area contributed by atoms with Gasteiger partial charge in [-0.05, 0) is 37.5 Å². The summed E-state index contributed by atoms with van der Waals surface area (Å²) in [6, 6.07) is 30.6. The predicted octanol–water partition coefficient (Wildman–Crippen LogP) is 6.06. The van der Waals surface area contributed by atoms with Crippen molar-refractivity contribution >= 4 is 12.0 Å². The smallest absolute Gasteiger partial charge is 0.407 e. The van der Waals surface area contributed by atoms with Gasteiger partial charge >= 0.3 is 6.09 Å². The number of carbonyl (C=O) groups excluding carboxylic acids is 2. The first-order valence-electron chi connectivity index (χ1n) is 18.6. The van der Waals surface area contributed by atoms with Gasteiger partial charge in [-0.25, -0.2) is 4.79 Å². The molecule has 2 heterocycles. The van der Waals surface area contributed by atoms with Gasteiger partial charge in [-0.2, -0.15) is 0 Å². The molecule has 296 valence electrons. The topological polar surface area (TPSA) is 149 Å². The lowest BCUT2D eigenvalue weighted by Gasteiger charge is -2.46. The van der Waals surface area contributed by atoms with Crippen molar-refractivity contribution in [3.05, 3.63) is 125 Å². The first-order valence-corrected chi connectivity index (χ1v) is 18.6. The van der Waals surface area contributed by atoms with Gasteiger partial charge in [0.05, 0.1) is 58.9 Å². The zero-order valence-electron chi connectivity index (χ0n) is 32.0. The molecule has 2 N–H and O–H groups in total. The normalized spacial score (nSPS) is 19.8. The predicted molar refractivity (Wildman–Crippen MR) is 203 cm³/mol. The van der Waals surface area contributed by atoms with Crippen molar-refractivity contribution in [1.29, 1.82) is 0 Å². The number of aromatic nitrogens is 1. The van der Waals surface area contributed by atoms with Crippen molar-refractivity contribution in [2.75, 3.05) is 33.0 Å². The number of hydrogen-bond acceptors (Lipinski definition) is 11. The van der Waals surface area contributed by atoms with Crippen molar-refractivity contribution in [2.24, 2.45) is 0 Å². The average Bonchev–Trinajstić information content (AvgIpc) is 3.64. The number of nitrogens with one attached hydrogen (secondary N) is 2. The molecule has 2 amide bonds. The van der Waals surface area contributed by atoms with E-state index in [0.29, 0.717) is 51.0 Å². The summed E-state index contributed by atoms with van der Waals surface area (Å²) in [5, 5.41) is 9.97. The zero-order chi connectivity index (χ0) is 38.9. The second kappa shape index (κ2) is 21.5. The van der Waals surface area contributed by atoms with Crippen molar-refractivity contribution in [3.63, 3.8) is 0 Å². The van der Waals surface area contributed by atoms with E-state index in [1.807, 2.05) is 91.0 Å². The number of ether oxygens (including phenoxy) is 7. The van der Waals surface area contributed by atoms with Gasteiger partial charge in [0.25, 0.3) is 0 Å². The maximum absolute atomic E-state index is 12.8. The molecule has 3 aromatic carbocycles. The Hall–Kier alpha value is -4.63. The Bertz CT molecular complexity index is 1700. The monoisotopic (exact) mass is 759 g/mol. The van der Waals surface area contributed by atoms with E-state index in [1.165, 1.54) is 6.92 Å². The summed E-state index contributed by atoms with van der Waals surface area (Å²) < 4.78 is 48.7. The molecule has 0 spiro atoms. The average molecular weight is 760 g/mol. The number of alkyl carbamates (subject to hydrolysis) is 1. The largest absolute Gasteiger partial charge is 0.444 e. The number of amides is 2. The Balaban J connectivity index is 1.28. The second-order valence-electron chi connectivity index (χ2n) is 14.2. The van der Waals surface area contributed by atoms with Gasteiger partial charge in [0.1, 0.15) is 35.7 Å². The summed E-state index contributed by atoms with van der Waals surface area (Å²) in [5.41, 5.74) is 2.94. The van der Waals surface area contributed by atoms with Crippen LogP contribution in [0.1, 0.15) is 61.9 Å². The third kappa shape index (κ3) is 14.2. The molecule has 13 nitrogen and oxygen atoms in total. The highest BCUT2D eigenvalue weighted by Crippen LogP contribution is 2.37. The molecule has 1 aliphatic rings. The summed E-state index contributed by atoms with van der Waals surface area (Å²) in [5.74, 6) is 0.126. The summed E-state index contributed by atoms with van der Waals surface area (Å²) in [7, 11) is 0. The molecule has 0 bridgehead atoms. The maximum Gasteiger partial charge on any atom is 0.407 e. The molecule has 5 atom stereocenters. The second-order valence-corrected chi connectivity index (χ2v) is 14.2. The number of carbonyl (C=O) groups is 2. The minimum Gasteiger partial charge on any atom is -0.444 e. The van der Waals surface area contributed by atoms with Crippen LogP contribution in [0.2, 0.25) is 0 Å². The standard InChI is InChI=1S/C42H53N3O10/c1-30(46)44-37-38(35-24-34(45-55-35)28-49-23-22-48-21-20-43-41(47)54-42(2,3)4)53-36(29-50-25-31-14-8-5-9-15-31)39(51-26-32-16-10-6-11-17-32)40(37)52-27-33-18-12-7-13-19-33/h5-19,24,36-40H,20-23,25-29H2,1-4H3,(H,43,47)(H,44,46)/t36-,37+,38-,39+,40-/m1/s1. The van der Waals surface area contributed by atoms with Crippen LogP contribution in [0.15, 0.2) is 102 Å².